The number of thiazole rings is 1. The van der Waals surface area contributed by atoms with Gasteiger partial charge in [-0.25, -0.2) is 15.0 Å². The molecule has 0 aliphatic carbocycles. The van der Waals surface area contributed by atoms with Crippen LogP contribution in [0.4, 0.5) is 16.6 Å². The van der Waals surface area contributed by atoms with Gasteiger partial charge in [0, 0.05) is 44.3 Å². The molecule has 0 amide bonds. The number of nitrogens with zero attached hydrogens (tertiary/aromatic N) is 5. The molecule has 1 N–H and O–H groups in total. The van der Waals surface area contributed by atoms with Gasteiger partial charge in [0.05, 0.1) is 10.2 Å². The van der Waals surface area contributed by atoms with Crippen molar-refractivity contribution < 1.29 is 4.74 Å². The molecular weight excluding hydrogens is 396 g/mol. The van der Waals surface area contributed by atoms with E-state index in [-0.39, 0.29) is 0 Å². The summed E-state index contributed by atoms with van der Waals surface area (Å²) in [5, 5.41) is 4.23. The highest BCUT2D eigenvalue weighted by Crippen LogP contribution is 2.31. The minimum absolute atomic E-state index is 0.536. The van der Waals surface area contributed by atoms with Crippen molar-refractivity contribution in [1.82, 2.24) is 19.9 Å². The summed E-state index contributed by atoms with van der Waals surface area (Å²) in [4.78, 5) is 18.1. The summed E-state index contributed by atoms with van der Waals surface area (Å²) in [6, 6.07) is 15.9. The molecule has 1 saturated heterocycles. The number of benzene rings is 2. The van der Waals surface area contributed by atoms with Crippen LogP contribution in [-0.4, -0.2) is 53.1 Å². The third-order valence-corrected chi connectivity index (χ3v) is 6.02. The summed E-state index contributed by atoms with van der Waals surface area (Å²) >= 11 is 1.64. The number of ether oxygens (including phenoxy) is 1. The van der Waals surface area contributed by atoms with E-state index in [1.807, 2.05) is 42.5 Å². The van der Waals surface area contributed by atoms with Crippen molar-refractivity contribution in [3.8, 4) is 11.6 Å². The van der Waals surface area contributed by atoms with E-state index < -0.39 is 0 Å². The Hall–Kier alpha value is -3.23. The molecule has 0 radical (unpaired) electrons. The van der Waals surface area contributed by atoms with Gasteiger partial charge in [0.25, 0.3) is 5.88 Å². The fourth-order valence-electron chi connectivity index (χ4n) is 3.39. The molecule has 0 saturated carbocycles. The summed E-state index contributed by atoms with van der Waals surface area (Å²) in [5.74, 6) is 2.05. The fraction of sp³-hybridized carbons (Fsp3) is 0.227. The molecule has 1 fully saturated rings. The summed E-state index contributed by atoms with van der Waals surface area (Å²) in [6.07, 6.45) is 3.38. The number of anilines is 3. The summed E-state index contributed by atoms with van der Waals surface area (Å²) in [7, 11) is 2.13. The topological polar surface area (TPSA) is 66.4 Å². The quantitative estimate of drug-likeness (QED) is 0.516. The second-order valence-electron chi connectivity index (χ2n) is 7.21. The van der Waals surface area contributed by atoms with Crippen molar-refractivity contribution in [2.45, 2.75) is 0 Å². The maximum Gasteiger partial charge on any atom is 0.263 e. The van der Waals surface area contributed by atoms with Gasteiger partial charge in [-0.15, -0.1) is 0 Å². The summed E-state index contributed by atoms with van der Waals surface area (Å²) < 4.78 is 7.24. The van der Waals surface area contributed by atoms with Crippen LogP contribution in [0.3, 0.4) is 0 Å². The minimum Gasteiger partial charge on any atom is -0.436 e. The van der Waals surface area contributed by atoms with Crippen molar-refractivity contribution >= 4 is 38.2 Å². The molecule has 1 aliphatic rings. The lowest BCUT2D eigenvalue weighted by Gasteiger charge is -2.33. The molecule has 7 nitrogen and oxygen atoms in total. The van der Waals surface area contributed by atoms with Crippen LogP contribution in [-0.2, 0) is 0 Å². The van der Waals surface area contributed by atoms with E-state index in [2.05, 4.69) is 43.2 Å². The molecule has 2 aromatic heterocycles. The van der Waals surface area contributed by atoms with Gasteiger partial charge in [0.2, 0.25) is 0 Å². The van der Waals surface area contributed by atoms with Gasteiger partial charge in [-0.05, 0) is 43.4 Å². The third-order valence-electron chi connectivity index (χ3n) is 5.06. The average Bonchev–Trinajstić information content (AvgIpc) is 3.18. The second-order valence-corrected chi connectivity index (χ2v) is 8.24. The fourth-order valence-corrected chi connectivity index (χ4v) is 4.28. The number of piperazine rings is 1. The number of nitrogens with one attached hydrogen (secondary N) is 1. The minimum atomic E-state index is 0.536. The molecular formula is C22H22N6OS. The molecule has 30 heavy (non-hydrogen) atoms. The molecule has 0 bridgehead atoms. The number of fused-ring (bicyclic) bond motifs is 1. The van der Waals surface area contributed by atoms with Gasteiger partial charge in [-0.3, -0.25) is 0 Å². The zero-order valence-corrected chi connectivity index (χ0v) is 17.5. The van der Waals surface area contributed by atoms with E-state index in [9.17, 15) is 0 Å². The summed E-state index contributed by atoms with van der Waals surface area (Å²) in [6.45, 7) is 3.83. The number of rotatable bonds is 5. The zero-order valence-electron chi connectivity index (χ0n) is 16.7. The number of likely N-dealkylation sites (N-methyl/N-ethyl adjacent to an activating group) is 1. The van der Waals surface area contributed by atoms with Crippen LogP contribution in [0.5, 0.6) is 11.6 Å². The van der Waals surface area contributed by atoms with Crippen LogP contribution in [0.2, 0.25) is 0 Å². The van der Waals surface area contributed by atoms with Crippen molar-refractivity contribution in [2.75, 3.05) is 43.4 Å². The molecule has 0 unspecified atom stereocenters. The smallest absolute Gasteiger partial charge is 0.263 e. The van der Waals surface area contributed by atoms with E-state index >= 15 is 0 Å². The van der Waals surface area contributed by atoms with E-state index in [0.717, 1.165) is 54.1 Å². The Bertz CT molecular complexity index is 1100. The molecule has 5 rings (SSSR count). The molecule has 8 heteroatoms. The van der Waals surface area contributed by atoms with E-state index in [4.69, 9.17) is 4.74 Å². The van der Waals surface area contributed by atoms with E-state index in [1.54, 1.807) is 23.7 Å². The van der Waals surface area contributed by atoms with Gasteiger partial charge in [-0.2, -0.15) is 0 Å². The lowest BCUT2D eigenvalue weighted by atomic mass is 10.3. The molecule has 0 spiro atoms. The molecule has 4 aromatic rings. The summed E-state index contributed by atoms with van der Waals surface area (Å²) in [5.41, 5.74) is 1.96. The Morgan fingerprint density at radius 3 is 2.50 bits per heavy atom. The van der Waals surface area contributed by atoms with Gasteiger partial charge in [0.15, 0.2) is 10.9 Å². The maximum absolute atomic E-state index is 6.07. The molecule has 152 valence electrons. The van der Waals surface area contributed by atoms with Crippen LogP contribution in [0.15, 0.2) is 60.9 Å². The standard InChI is InChI=1S/C22H22N6OS/c1-27-12-14-28(15-13-27)20-21(24-11-10-23-20)29-17-8-6-16(7-9-17)25-22-26-18-4-2-3-5-19(18)30-22/h2-11H,12-15H2,1H3,(H,25,26). The third kappa shape index (κ3) is 4.05. The van der Waals surface area contributed by atoms with Gasteiger partial charge in [-0.1, -0.05) is 23.5 Å². The Kier molecular flexibility index (Phi) is 5.17. The lowest BCUT2D eigenvalue weighted by Crippen LogP contribution is -2.45. The number of hydrogen-bond acceptors (Lipinski definition) is 8. The van der Waals surface area contributed by atoms with Crippen molar-refractivity contribution in [2.24, 2.45) is 0 Å². The monoisotopic (exact) mass is 418 g/mol. The van der Waals surface area contributed by atoms with E-state index in [1.165, 1.54) is 4.70 Å². The first-order chi connectivity index (χ1) is 14.7. The highest BCUT2D eigenvalue weighted by molar-refractivity contribution is 7.22. The molecule has 3 heterocycles. The highest BCUT2D eigenvalue weighted by atomic mass is 32.1. The first-order valence-corrected chi connectivity index (χ1v) is 10.7. The van der Waals surface area contributed by atoms with Crippen molar-refractivity contribution in [3.63, 3.8) is 0 Å². The highest BCUT2D eigenvalue weighted by Gasteiger charge is 2.20. The first-order valence-electron chi connectivity index (χ1n) is 9.90. The Balaban J connectivity index is 1.29. The predicted molar refractivity (Wildman–Crippen MR) is 121 cm³/mol. The number of aromatic nitrogens is 3. The van der Waals surface area contributed by atoms with Crippen molar-refractivity contribution in [1.29, 1.82) is 0 Å². The molecule has 0 atom stereocenters. The van der Waals surface area contributed by atoms with Crippen molar-refractivity contribution in [3.05, 3.63) is 60.9 Å². The van der Waals surface area contributed by atoms with Crippen LogP contribution in [0, 0.1) is 0 Å². The number of hydrogen-bond donors (Lipinski definition) is 1. The Morgan fingerprint density at radius 1 is 0.933 bits per heavy atom. The van der Waals surface area contributed by atoms with E-state index in [0.29, 0.717) is 5.88 Å². The normalized spacial score (nSPS) is 14.8. The first kappa shape index (κ1) is 18.8. The van der Waals surface area contributed by atoms with Crippen LogP contribution in [0.25, 0.3) is 10.2 Å². The van der Waals surface area contributed by atoms with Crippen LogP contribution < -0.4 is 15.0 Å². The van der Waals surface area contributed by atoms with Gasteiger partial charge < -0.3 is 19.9 Å². The number of para-hydroxylation sites is 1. The Labute approximate surface area is 179 Å². The molecule has 1 aliphatic heterocycles. The van der Waals surface area contributed by atoms with Crippen LogP contribution in [0.1, 0.15) is 0 Å². The predicted octanol–water partition coefficient (Wildman–Crippen LogP) is 4.37. The van der Waals surface area contributed by atoms with Gasteiger partial charge in [0.1, 0.15) is 5.75 Å². The zero-order chi connectivity index (χ0) is 20.3. The average molecular weight is 419 g/mol. The lowest BCUT2D eigenvalue weighted by molar-refractivity contribution is 0.310. The molecule has 2 aromatic carbocycles. The largest absolute Gasteiger partial charge is 0.436 e. The van der Waals surface area contributed by atoms with Gasteiger partial charge >= 0.3 is 0 Å². The Morgan fingerprint density at radius 2 is 1.70 bits per heavy atom. The maximum atomic E-state index is 6.07. The SMILES string of the molecule is CN1CCN(c2nccnc2Oc2ccc(Nc3nc4ccccc4s3)cc2)CC1. The van der Waals surface area contributed by atoms with Crippen LogP contribution >= 0.6 is 11.3 Å². The second kappa shape index (κ2) is 8.25.